The summed E-state index contributed by atoms with van der Waals surface area (Å²) in [4.78, 5) is 0. The third kappa shape index (κ3) is 1.96. The van der Waals surface area contributed by atoms with E-state index in [4.69, 9.17) is 16.9 Å². The Balaban J connectivity index is 3.21. The first-order valence-corrected chi connectivity index (χ1v) is 4.32. The minimum Gasteiger partial charge on any atom is -0.207 e. The molecule has 0 bridgehead atoms. The molecule has 1 aromatic carbocycles. The number of hydrogen-bond acceptors (Lipinski definition) is 1. The first-order chi connectivity index (χ1) is 5.65. The molecule has 0 aliphatic carbocycles. The largest absolute Gasteiger partial charge is 0.207 e. The van der Waals surface area contributed by atoms with Crippen LogP contribution in [-0.2, 0) is 6.42 Å². The van der Waals surface area contributed by atoms with Crippen molar-refractivity contribution >= 4 is 27.5 Å². The first-order valence-electron chi connectivity index (χ1n) is 3.15. The maximum atomic E-state index is 13.0. The molecule has 0 amide bonds. The first kappa shape index (κ1) is 9.50. The minimum atomic E-state index is -0.448. The Morgan fingerprint density at radius 3 is 2.75 bits per heavy atom. The van der Waals surface area contributed by atoms with Crippen LogP contribution in [0.3, 0.4) is 0 Å². The number of hydrogen-bond donors (Lipinski definition) is 0. The summed E-state index contributed by atoms with van der Waals surface area (Å²) in [5, 5.41) is 8.69. The Kier molecular flexibility index (Phi) is 3.07. The maximum absolute atomic E-state index is 13.0. The van der Waals surface area contributed by atoms with Gasteiger partial charge in [-0.3, -0.25) is 0 Å². The van der Waals surface area contributed by atoms with E-state index in [1.807, 2.05) is 6.07 Å². The van der Waals surface area contributed by atoms with Gasteiger partial charge in [-0.2, -0.15) is 5.26 Å². The molecule has 12 heavy (non-hydrogen) atoms. The number of halogens is 3. The summed E-state index contributed by atoms with van der Waals surface area (Å²) in [6.07, 6.45) is 0.0452. The van der Waals surface area contributed by atoms with Crippen LogP contribution in [0.1, 0.15) is 5.56 Å². The highest BCUT2D eigenvalue weighted by molar-refractivity contribution is 9.10. The smallest absolute Gasteiger partial charge is 0.130 e. The molecular weight excluding hydrogens is 244 g/mol. The molecule has 62 valence electrons. The molecule has 0 spiro atoms. The standard InChI is InChI=1S/C8H4BrClFN/c9-7-3-5(10)4-8(11)6(7)1-2-12/h3-4H,1H2. The van der Waals surface area contributed by atoms with Crippen molar-refractivity contribution in [3.63, 3.8) is 0 Å². The summed E-state index contributed by atoms with van der Waals surface area (Å²) in [5.74, 6) is -0.448. The number of benzene rings is 1. The van der Waals surface area contributed by atoms with Crippen LogP contribution in [0.5, 0.6) is 0 Å². The van der Waals surface area contributed by atoms with Gasteiger partial charge in [0.2, 0.25) is 0 Å². The number of nitriles is 1. The van der Waals surface area contributed by atoms with Crippen molar-refractivity contribution in [3.05, 3.63) is 33.0 Å². The highest BCUT2D eigenvalue weighted by Gasteiger charge is 2.07. The van der Waals surface area contributed by atoms with Gasteiger partial charge >= 0.3 is 0 Å². The lowest BCUT2D eigenvalue weighted by Crippen LogP contribution is -1.90. The van der Waals surface area contributed by atoms with Crippen molar-refractivity contribution in [2.45, 2.75) is 6.42 Å². The average molecular weight is 248 g/mol. The van der Waals surface area contributed by atoms with Gasteiger partial charge in [0.15, 0.2) is 0 Å². The van der Waals surface area contributed by atoms with Crippen LogP contribution in [0.2, 0.25) is 5.02 Å². The van der Waals surface area contributed by atoms with Gasteiger partial charge in [0.1, 0.15) is 5.82 Å². The van der Waals surface area contributed by atoms with Gasteiger partial charge in [-0.15, -0.1) is 0 Å². The van der Waals surface area contributed by atoms with Crippen molar-refractivity contribution in [3.8, 4) is 6.07 Å². The van der Waals surface area contributed by atoms with E-state index in [0.717, 1.165) is 0 Å². The van der Waals surface area contributed by atoms with Crippen molar-refractivity contribution in [1.82, 2.24) is 0 Å². The van der Waals surface area contributed by atoms with Crippen LogP contribution in [0.4, 0.5) is 4.39 Å². The Hall–Kier alpha value is -0.590. The molecule has 0 aliphatic heterocycles. The topological polar surface area (TPSA) is 23.8 Å². The molecule has 0 aliphatic rings. The van der Waals surface area contributed by atoms with E-state index in [2.05, 4.69) is 15.9 Å². The zero-order chi connectivity index (χ0) is 9.14. The number of nitrogens with zero attached hydrogens (tertiary/aromatic N) is 1. The summed E-state index contributed by atoms with van der Waals surface area (Å²) in [7, 11) is 0. The molecule has 0 N–H and O–H groups in total. The van der Waals surface area contributed by atoms with Gasteiger partial charge in [-0.1, -0.05) is 27.5 Å². The molecule has 0 fully saturated rings. The predicted molar refractivity (Wildman–Crippen MR) is 48.4 cm³/mol. The second-order valence-corrected chi connectivity index (χ2v) is 3.47. The summed E-state index contributed by atoms with van der Waals surface area (Å²) >= 11 is 8.69. The number of rotatable bonds is 1. The molecule has 0 unspecified atom stereocenters. The van der Waals surface area contributed by atoms with E-state index in [1.165, 1.54) is 6.07 Å². The maximum Gasteiger partial charge on any atom is 0.130 e. The second-order valence-electron chi connectivity index (χ2n) is 2.18. The van der Waals surface area contributed by atoms with E-state index in [-0.39, 0.29) is 6.42 Å². The van der Waals surface area contributed by atoms with Crippen LogP contribution < -0.4 is 0 Å². The molecule has 4 heteroatoms. The normalized spacial score (nSPS) is 9.50. The summed E-state index contributed by atoms with van der Waals surface area (Å²) in [5.41, 5.74) is 0.349. The van der Waals surface area contributed by atoms with E-state index < -0.39 is 5.82 Å². The van der Waals surface area contributed by atoms with Crippen LogP contribution in [0.25, 0.3) is 0 Å². The molecule has 0 radical (unpaired) electrons. The monoisotopic (exact) mass is 247 g/mol. The van der Waals surface area contributed by atoms with E-state index in [0.29, 0.717) is 15.1 Å². The van der Waals surface area contributed by atoms with Crippen LogP contribution in [0, 0.1) is 17.1 Å². The summed E-state index contributed by atoms with van der Waals surface area (Å²) in [6.45, 7) is 0. The Morgan fingerprint density at radius 2 is 2.25 bits per heavy atom. The highest BCUT2D eigenvalue weighted by atomic mass is 79.9. The fraction of sp³-hybridized carbons (Fsp3) is 0.125. The molecular formula is C8H4BrClFN. The van der Waals surface area contributed by atoms with Gasteiger partial charge in [-0.05, 0) is 12.1 Å². The fourth-order valence-electron chi connectivity index (χ4n) is 0.820. The Morgan fingerprint density at radius 1 is 1.58 bits per heavy atom. The van der Waals surface area contributed by atoms with E-state index in [9.17, 15) is 4.39 Å². The SMILES string of the molecule is N#CCc1c(F)cc(Cl)cc1Br. The zero-order valence-corrected chi connectivity index (χ0v) is 8.28. The van der Waals surface area contributed by atoms with Crippen LogP contribution in [0.15, 0.2) is 16.6 Å². The van der Waals surface area contributed by atoms with Gasteiger partial charge in [-0.25, -0.2) is 4.39 Å². The van der Waals surface area contributed by atoms with Gasteiger partial charge in [0.05, 0.1) is 12.5 Å². The van der Waals surface area contributed by atoms with Crippen molar-refractivity contribution < 1.29 is 4.39 Å². The molecule has 1 nitrogen and oxygen atoms in total. The van der Waals surface area contributed by atoms with Crippen molar-refractivity contribution in [2.24, 2.45) is 0 Å². The Labute approximate surface area is 82.9 Å². The third-order valence-corrected chi connectivity index (χ3v) is 2.29. The lowest BCUT2D eigenvalue weighted by Gasteiger charge is -2.01. The minimum absolute atomic E-state index is 0.0452. The fourth-order valence-corrected chi connectivity index (χ4v) is 1.73. The molecule has 0 heterocycles. The lowest BCUT2D eigenvalue weighted by atomic mass is 10.1. The molecule has 0 saturated heterocycles. The van der Waals surface area contributed by atoms with Gasteiger partial charge < -0.3 is 0 Å². The van der Waals surface area contributed by atoms with Gasteiger partial charge in [0, 0.05) is 15.1 Å². The van der Waals surface area contributed by atoms with Crippen LogP contribution >= 0.6 is 27.5 Å². The quantitative estimate of drug-likeness (QED) is 0.748. The molecule has 1 aromatic rings. The zero-order valence-electron chi connectivity index (χ0n) is 5.94. The molecule has 1 rings (SSSR count). The second kappa shape index (κ2) is 3.88. The van der Waals surface area contributed by atoms with Gasteiger partial charge in [0.25, 0.3) is 0 Å². The predicted octanol–water partition coefficient (Wildman–Crippen LogP) is 3.31. The molecule has 0 saturated carbocycles. The van der Waals surface area contributed by atoms with Crippen LogP contribution in [-0.4, -0.2) is 0 Å². The summed E-state index contributed by atoms with van der Waals surface area (Å²) < 4.78 is 13.6. The third-order valence-electron chi connectivity index (χ3n) is 1.36. The summed E-state index contributed by atoms with van der Waals surface area (Å²) in [6, 6.07) is 4.63. The van der Waals surface area contributed by atoms with Crippen molar-refractivity contribution in [2.75, 3.05) is 0 Å². The van der Waals surface area contributed by atoms with E-state index in [1.54, 1.807) is 6.07 Å². The average Bonchev–Trinajstić information content (AvgIpc) is 1.96. The van der Waals surface area contributed by atoms with E-state index >= 15 is 0 Å². The molecule has 0 atom stereocenters. The van der Waals surface area contributed by atoms with Crippen molar-refractivity contribution in [1.29, 1.82) is 5.26 Å². The highest BCUT2D eigenvalue weighted by Crippen LogP contribution is 2.24. The Bertz CT molecular complexity index is 322. The lowest BCUT2D eigenvalue weighted by molar-refractivity contribution is 0.614. The molecule has 0 aromatic heterocycles.